The molecule has 1 aliphatic rings. The number of ether oxygens (including phenoxy) is 2. The second-order valence-corrected chi connectivity index (χ2v) is 10.8. The highest BCUT2D eigenvalue weighted by Gasteiger charge is 2.39. The molecule has 0 aromatic carbocycles. The Balaban J connectivity index is 1.82. The lowest BCUT2D eigenvalue weighted by atomic mass is 10.1. The summed E-state index contributed by atoms with van der Waals surface area (Å²) in [5.74, 6) is -2.26. The van der Waals surface area contributed by atoms with Crippen LogP contribution in [0.4, 0.5) is 13.2 Å². The standard InChI is InChI=1S/C25H37F3N5O8P/c1-38-16-19-18(41-42(2)39-13-7-10-29)14-21(40-19)33-15-17(22(35)32-24(33)37)8-9-20(34)30-11-5-3-4-6-12-31-23(36)25(26,27)28/h15,18-19,21H,3-9,11-14,16H2,1-2H3,(H,30,34)(H,31,36)(H,32,35,37). The number of H-pyrrole nitrogens is 1. The molecule has 13 nitrogen and oxygen atoms in total. The molecule has 1 aromatic rings. The molecule has 1 aromatic heterocycles. The van der Waals surface area contributed by atoms with Gasteiger partial charge in [-0.1, -0.05) is 12.8 Å². The van der Waals surface area contributed by atoms with Crippen molar-refractivity contribution in [2.45, 2.75) is 76.0 Å². The molecular formula is C25H37F3N5O8P. The second-order valence-electron chi connectivity index (χ2n) is 9.48. The molecule has 1 fully saturated rings. The first-order valence-electron chi connectivity index (χ1n) is 13.5. The van der Waals surface area contributed by atoms with Crippen molar-refractivity contribution in [3.05, 3.63) is 32.6 Å². The number of carbonyl (C=O) groups excluding carboxylic acids is 2. The minimum atomic E-state index is -4.89. The molecule has 42 heavy (non-hydrogen) atoms. The number of carbonyl (C=O) groups is 2. The van der Waals surface area contributed by atoms with E-state index in [0.717, 1.165) is 0 Å². The molecule has 0 radical (unpaired) electrons. The van der Waals surface area contributed by atoms with Gasteiger partial charge >= 0.3 is 17.8 Å². The van der Waals surface area contributed by atoms with Crippen LogP contribution in [-0.4, -0.2) is 79.8 Å². The summed E-state index contributed by atoms with van der Waals surface area (Å²) in [5.41, 5.74) is -1.06. The Bertz CT molecular complexity index is 1170. The lowest BCUT2D eigenvalue weighted by Gasteiger charge is -2.21. The zero-order chi connectivity index (χ0) is 31.1. The van der Waals surface area contributed by atoms with E-state index >= 15 is 0 Å². The monoisotopic (exact) mass is 623 g/mol. The van der Waals surface area contributed by atoms with Crippen LogP contribution in [0.25, 0.3) is 0 Å². The van der Waals surface area contributed by atoms with Crippen molar-refractivity contribution in [2.24, 2.45) is 0 Å². The van der Waals surface area contributed by atoms with Crippen molar-refractivity contribution in [1.82, 2.24) is 20.2 Å². The van der Waals surface area contributed by atoms with Gasteiger partial charge in [-0.25, -0.2) is 4.79 Å². The van der Waals surface area contributed by atoms with Crippen molar-refractivity contribution in [1.29, 1.82) is 5.26 Å². The van der Waals surface area contributed by atoms with Crippen LogP contribution in [0.1, 0.15) is 56.7 Å². The van der Waals surface area contributed by atoms with E-state index < -0.39 is 50.1 Å². The molecule has 2 rings (SSSR count). The first kappa shape index (κ1) is 35.4. The number of aryl methyl sites for hydroxylation is 1. The number of alkyl halides is 3. The highest BCUT2D eigenvalue weighted by Crippen LogP contribution is 2.41. The number of nitrogens with one attached hydrogen (secondary N) is 3. The molecular weight excluding hydrogens is 586 g/mol. The zero-order valence-corrected chi connectivity index (χ0v) is 24.4. The molecule has 1 aliphatic heterocycles. The normalized spacial score (nSPS) is 19.3. The summed E-state index contributed by atoms with van der Waals surface area (Å²) in [5, 5.41) is 13.2. The summed E-state index contributed by atoms with van der Waals surface area (Å²) in [6.07, 6.45) is -2.45. The fourth-order valence-corrected chi connectivity index (χ4v) is 5.14. The van der Waals surface area contributed by atoms with Crippen molar-refractivity contribution >= 4 is 20.2 Å². The van der Waals surface area contributed by atoms with Crippen molar-refractivity contribution in [3.63, 3.8) is 0 Å². The van der Waals surface area contributed by atoms with E-state index in [1.165, 1.54) is 17.9 Å². The number of amides is 2. The van der Waals surface area contributed by atoms with Crippen LogP contribution in [0.5, 0.6) is 0 Å². The van der Waals surface area contributed by atoms with E-state index in [0.29, 0.717) is 32.2 Å². The molecule has 3 N–H and O–H groups in total. The SMILES string of the molecule is COCC1OC(n2cc(CCC(=O)NCCCCCCNC(=O)C(F)(F)F)c(=O)[nH]c2=O)CC1OP(C)OCCC#N. The summed E-state index contributed by atoms with van der Waals surface area (Å²) >= 11 is 0. The quantitative estimate of drug-likeness (QED) is 0.163. The van der Waals surface area contributed by atoms with Gasteiger partial charge in [-0.2, -0.15) is 18.4 Å². The third-order valence-electron chi connectivity index (χ3n) is 6.22. The summed E-state index contributed by atoms with van der Waals surface area (Å²) in [7, 11) is 0.198. The first-order chi connectivity index (χ1) is 20.0. The van der Waals surface area contributed by atoms with Crippen molar-refractivity contribution < 1.29 is 41.3 Å². The Morgan fingerprint density at radius 2 is 1.90 bits per heavy atom. The third kappa shape index (κ3) is 12.2. The van der Waals surface area contributed by atoms with Crippen LogP contribution in [0, 0.1) is 11.3 Å². The Labute approximate surface area is 242 Å². The maximum Gasteiger partial charge on any atom is 0.471 e. The highest BCUT2D eigenvalue weighted by atomic mass is 31.2. The number of rotatable bonds is 18. The number of halogens is 3. The molecule has 4 atom stereocenters. The molecule has 4 unspecified atom stereocenters. The molecule has 0 bridgehead atoms. The van der Waals surface area contributed by atoms with Crippen LogP contribution in [0.2, 0.25) is 0 Å². The number of methoxy groups -OCH3 is 1. The maximum atomic E-state index is 12.6. The fourth-order valence-electron chi connectivity index (χ4n) is 4.13. The van der Waals surface area contributed by atoms with Crippen LogP contribution in [0.15, 0.2) is 15.8 Å². The second kappa shape index (κ2) is 18.0. The molecule has 17 heteroatoms. The average Bonchev–Trinajstić information content (AvgIpc) is 3.30. The smallest absolute Gasteiger partial charge is 0.382 e. The van der Waals surface area contributed by atoms with E-state index in [-0.39, 0.29) is 56.9 Å². The Kier molecular flexibility index (Phi) is 15.1. The largest absolute Gasteiger partial charge is 0.471 e. The average molecular weight is 624 g/mol. The van der Waals surface area contributed by atoms with Crippen LogP contribution >= 0.6 is 8.38 Å². The van der Waals surface area contributed by atoms with E-state index in [9.17, 15) is 32.3 Å². The molecule has 236 valence electrons. The van der Waals surface area contributed by atoms with Gasteiger partial charge in [0.2, 0.25) is 5.91 Å². The summed E-state index contributed by atoms with van der Waals surface area (Å²) in [6.45, 7) is 2.45. The Morgan fingerprint density at radius 3 is 2.55 bits per heavy atom. The number of nitriles is 1. The molecule has 2 amide bonds. The van der Waals surface area contributed by atoms with Gasteiger partial charge in [-0.05, 0) is 19.3 Å². The predicted octanol–water partition coefficient (Wildman–Crippen LogP) is 2.02. The number of aromatic nitrogens is 2. The van der Waals surface area contributed by atoms with E-state index in [1.807, 2.05) is 6.07 Å². The van der Waals surface area contributed by atoms with Gasteiger partial charge in [0.1, 0.15) is 12.3 Å². The van der Waals surface area contributed by atoms with Crippen LogP contribution in [0.3, 0.4) is 0 Å². The van der Waals surface area contributed by atoms with Crippen LogP contribution in [-0.2, 0) is 34.5 Å². The van der Waals surface area contributed by atoms with Gasteiger partial charge < -0.3 is 29.2 Å². The number of aromatic amines is 1. The lowest BCUT2D eigenvalue weighted by Crippen LogP contribution is -2.37. The third-order valence-corrected chi connectivity index (χ3v) is 7.34. The lowest BCUT2D eigenvalue weighted by molar-refractivity contribution is -0.173. The number of nitrogens with zero attached hydrogens (tertiary/aromatic N) is 2. The van der Waals surface area contributed by atoms with Crippen molar-refractivity contribution in [2.75, 3.05) is 40.1 Å². The minimum Gasteiger partial charge on any atom is -0.382 e. The van der Waals surface area contributed by atoms with E-state index in [4.69, 9.17) is 23.8 Å². The van der Waals surface area contributed by atoms with Gasteiger partial charge in [-0.15, -0.1) is 0 Å². The topological polar surface area (TPSA) is 174 Å². The van der Waals surface area contributed by atoms with E-state index in [2.05, 4.69) is 10.3 Å². The summed E-state index contributed by atoms with van der Waals surface area (Å²) in [6, 6.07) is 1.99. The first-order valence-corrected chi connectivity index (χ1v) is 15.1. The fraction of sp³-hybridized carbons (Fsp3) is 0.720. The number of hydrogen-bond donors (Lipinski definition) is 3. The number of hydrogen-bond acceptors (Lipinski definition) is 9. The number of unbranched alkanes of at least 4 members (excludes halogenated alkanes) is 3. The van der Waals surface area contributed by atoms with Gasteiger partial charge in [0.05, 0.1) is 31.8 Å². The zero-order valence-electron chi connectivity index (χ0n) is 23.5. The molecule has 0 aliphatic carbocycles. The minimum absolute atomic E-state index is 0.00547. The molecule has 2 heterocycles. The molecule has 0 saturated carbocycles. The van der Waals surface area contributed by atoms with Gasteiger partial charge in [0.25, 0.3) is 5.56 Å². The van der Waals surface area contributed by atoms with Crippen LogP contribution < -0.4 is 21.9 Å². The molecule has 1 saturated heterocycles. The maximum absolute atomic E-state index is 12.6. The van der Waals surface area contributed by atoms with Crippen molar-refractivity contribution in [3.8, 4) is 6.07 Å². The Hall–Kier alpha value is -2.83. The molecule has 0 spiro atoms. The predicted molar refractivity (Wildman–Crippen MR) is 144 cm³/mol. The van der Waals surface area contributed by atoms with Gasteiger partial charge in [0, 0.05) is 51.5 Å². The van der Waals surface area contributed by atoms with Gasteiger partial charge in [-0.3, -0.25) is 23.9 Å². The van der Waals surface area contributed by atoms with E-state index in [1.54, 1.807) is 12.0 Å². The van der Waals surface area contributed by atoms with Gasteiger partial charge in [0.15, 0.2) is 8.38 Å². The Morgan fingerprint density at radius 1 is 1.21 bits per heavy atom. The highest BCUT2D eigenvalue weighted by molar-refractivity contribution is 7.46. The summed E-state index contributed by atoms with van der Waals surface area (Å²) < 4.78 is 60.3. The summed E-state index contributed by atoms with van der Waals surface area (Å²) in [4.78, 5) is 50.2.